The molecule has 0 amide bonds. The first-order chi connectivity index (χ1) is 10.5. The molecule has 3 rings (SSSR count). The van der Waals surface area contributed by atoms with Gasteiger partial charge >= 0.3 is 16.8 Å². The molecule has 1 radical (unpaired) electrons. The third kappa shape index (κ3) is 5.58. The van der Waals surface area contributed by atoms with Crippen molar-refractivity contribution in [3.8, 4) is 0 Å². The number of hydrogen-bond acceptors (Lipinski definition) is 5. The van der Waals surface area contributed by atoms with Crippen molar-refractivity contribution in [2.24, 2.45) is 21.8 Å². The van der Waals surface area contributed by atoms with E-state index in [0.29, 0.717) is 36.8 Å². The van der Waals surface area contributed by atoms with Gasteiger partial charge < -0.3 is 34.3 Å². The Morgan fingerprint density at radius 2 is 1.24 bits per heavy atom. The maximum absolute atomic E-state index is 5.70. The van der Waals surface area contributed by atoms with E-state index in [2.05, 4.69) is 42.7 Å². The number of pyridine rings is 1. The number of hydrogen-bond donors (Lipinski definition) is 0. The molecule has 0 saturated heterocycles. The van der Waals surface area contributed by atoms with E-state index in [-0.39, 0.29) is 53.7 Å². The Balaban J connectivity index is 0.00000192. The van der Waals surface area contributed by atoms with Crippen LogP contribution in [0.25, 0.3) is 0 Å². The molecule has 0 spiro atoms. The first-order valence-electron chi connectivity index (χ1n) is 7.93. The summed E-state index contributed by atoms with van der Waals surface area (Å²) in [5.41, 5.74) is 1.50. The van der Waals surface area contributed by atoms with Crippen molar-refractivity contribution in [2.75, 3.05) is 13.2 Å². The minimum Gasteiger partial charge on any atom is -1.00 e. The molecule has 2 aliphatic rings. The smallest absolute Gasteiger partial charge is 1.00 e. The van der Waals surface area contributed by atoms with Crippen LogP contribution in [0.2, 0.25) is 0 Å². The van der Waals surface area contributed by atoms with Gasteiger partial charge in [0.05, 0.1) is 12.1 Å². The van der Waals surface area contributed by atoms with E-state index < -0.39 is 0 Å². The van der Waals surface area contributed by atoms with Gasteiger partial charge in [-0.25, -0.2) is 15.0 Å². The molecule has 2 aliphatic heterocycles. The normalized spacial score (nSPS) is 21.4. The molecule has 0 saturated carbocycles. The zero-order chi connectivity index (χ0) is 15.7. The van der Waals surface area contributed by atoms with E-state index >= 15 is 0 Å². The number of aliphatic imine (C=N–C) groups is 2. The zero-order valence-electron chi connectivity index (χ0n) is 14.7. The van der Waals surface area contributed by atoms with Gasteiger partial charge in [0.1, 0.15) is 24.6 Å². The molecule has 1 aromatic heterocycles. The van der Waals surface area contributed by atoms with Crippen LogP contribution in [-0.4, -0.2) is 42.1 Å². The van der Waals surface area contributed by atoms with Gasteiger partial charge in [-0.15, -0.1) is 0 Å². The Morgan fingerprint density at radius 3 is 1.56 bits per heavy atom. The van der Waals surface area contributed by atoms with Crippen molar-refractivity contribution in [2.45, 2.75) is 39.8 Å². The fourth-order valence-electron chi connectivity index (χ4n) is 2.42. The van der Waals surface area contributed by atoms with Crippen LogP contribution >= 0.6 is 0 Å². The molecule has 0 unspecified atom stereocenters. The zero-order valence-corrected chi connectivity index (χ0v) is 17.3. The van der Waals surface area contributed by atoms with Crippen molar-refractivity contribution in [3.05, 3.63) is 29.6 Å². The van der Waals surface area contributed by atoms with E-state index in [4.69, 9.17) is 9.47 Å². The van der Waals surface area contributed by atoms with E-state index in [9.17, 15) is 0 Å². The third-order valence-corrected chi connectivity index (χ3v) is 4.07. The first-order valence-corrected chi connectivity index (χ1v) is 7.93. The summed E-state index contributed by atoms with van der Waals surface area (Å²) in [5, 5.41) is 0. The summed E-state index contributed by atoms with van der Waals surface area (Å²) in [4.78, 5) is 13.9. The third-order valence-electron chi connectivity index (χ3n) is 4.07. The average molecular weight is 431 g/mol. The van der Waals surface area contributed by atoms with Gasteiger partial charge in [-0.2, -0.15) is 0 Å². The molecule has 8 heteroatoms. The summed E-state index contributed by atoms with van der Waals surface area (Å²) in [6.45, 7) is 9.86. The molecular formula is C17H23Cl2CoN3O2. The summed E-state index contributed by atoms with van der Waals surface area (Å²) in [6, 6.07) is 6.21. The second kappa shape index (κ2) is 10.4. The van der Waals surface area contributed by atoms with Crippen LogP contribution in [0.3, 0.4) is 0 Å². The van der Waals surface area contributed by atoms with Gasteiger partial charge in [-0.05, 0) is 24.0 Å². The summed E-state index contributed by atoms with van der Waals surface area (Å²) < 4.78 is 11.4. The number of halogens is 2. The fraction of sp³-hybridized carbons (Fsp3) is 0.588. The molecule has 141 valence electrons. The second-order valence-electron chi connectivity index (χ2n) is 6.52. The van der Waals surface area contributed by atoms with Crippen LogP contribution in [0.4, 0.5) is 0 Å². The molecule has 2 atom stereocenters. The summed E-state index contributed by atoms with van der Waals surface area (Å²) in [5.74, 6) is 2.18. The predicted octanol–water partition coefficient (Wildman–Crippen LogP) is -3.31. The van der Waals surface area contributed by atoms with Crippen molar-refractivity contribution in [1.82, 2.24) is 4.98 Å². The summed E-state index contributed by atoms with van der Waals surface area (Å²) >= 11 is 0. The standard InChI is InChI=1S/C17H23N3O2.2ClH.Co/c1-10(2)14-8-21-16(19-14)12-6-5-7-13(18-12)17-20-15(9-22-17)11(3)4;;;/h5-7,10-11,14-15H,8-9H2,1-4H3;2*1H;/q;;;+2/p-2/t14-,15-;;;/m1.../s1. The van der Waals surface area contributed by atoms with Crippen molar-refractivity contribution >= 4 is 11.8 Å². The number of rotatable bonds is 4. The van der Waals surface area contributed by atoms with Gasteiger partial charge in [-0.1, -0.05) is 33.8 Å². The van der Waals surface area contributed by atoms with Crippen molar-refractivity contribution in [3.63, 3.8) is 0 Å². The van der Waals surface area contributed by atoms with E-state index in [0.717, 1.165) is 11.4 Å². The van der Waals surface area contributed by atoms with Crippen LogP contribution in [0.5, 0.6) is 0 Å². The largest absolute Gasteiger partial charge is 2.00 e. The molecule has 5 nitrogen and oxygen atoms in total. The quantitative estimate of drug-likeness (QED) is 0.502. The van der Waals surface area contributed by atoms with E-state index in [1.807, 2.05) is 18.2 Å². The molecule has 3 heterocycles. The molecule has 25 heavy (non-hydrogen) atoms. The molecule has 0 aliphatic carbocycles. The van der Waals surface area contributed by atoms with Gasteiger partial charge in [0.25, 0.3) is 0 Å². The predicted molar refractivity (Wildman–Crippen MR) is 86.5 cm³/mol. The van der Waals surface area contributed by atoms with Crippen LogP contribution in [0.15, 0.2) is 28.2 Å². The van der Waals surface area contributed by atoms with Crippen molar-refractivity contribution in [1.29, 1.82) is 0 Å². The Labute approximate surface area is 172 Å². The molecular weight excluding hydrogens is 408 g/mol. The Morgan fingerprint density at radius 1 is 0.840 bits per heavy atom. The Bertz CT molecular complexity index is 574. The van der Waals surface area contributed by atoms with E-state index in [1.165, 1.54) is 0 Å². The maximum Gasteiger partial charge on any atom is 2.00 e. The van der Waals surface area contributed by atoms with Crippen LogP contribution in [0.1, 0.15) is 39.1 Å². The minimum absolute atomic E-state index is 0. The van der Waals surface area contributed by atoms with Crippen LogP contribution < -0.4 is 24.8 Å². The number of ether oxygens (including phenoxy) is 2. The molecule has 0 fully saturated rings. The van der Waals surface area contributed by atoms with Gasteiger partial charge in [0.15, 0.2) is 0 Å². The first kappa shape index (κ1) is 24.2. The maximum atomic E-state index is 5.70. The number of aromatic nitrogens is 1. The second-order valence-corrected chi connectivity index (χ2v) is 6.52. The topological polar surface area (TPSA) is 56.1 Å². The Kier molecular flexibility index (Phi) is 10.0. The van der Waals surface area contributed by atoms with E-state index in [1.54, 1.807) is 0 Å². The van der Waals surface area contributed by atoms with Gasteiger partial charge in [0, 0.05) is 0 Å². The minimum atomic E-state index is 0. The fourth-order valence-corrected chi connectivity index (χ4v) is 2.42. The Hall–Kier alpha value is -0.824. The summed E-state index contributed by atoms with van der Waals surface area (Å²) in [6.07, 6.45) is 0. The average Bonchev–Trinajstić information content (AvgIpc) is 3.17. The SMILES string of the molecule is CC(C)[C@H]1COC(c2cccc(C3=N[C@@H](C(C)C)CO3)n2)=N1.[Cl-].[Cl-].[Co+2]. The summed E-state index contributed by atoms with van der Waals surface area (Å²) in [7, 11) is 0. The molecule has 0 N–H and O–H groups in total. The number of nitrogens with zero attached hydrogens (tertiary/aromatic N) is 3. The van der Waals surface area contributed by atoms with Crippen molar-refractivity contribution < 1.29 is 51.1 Å². The molecule has 0 aromatic carbocycles. The van der Waals surface area contributed by atoms with Crippen LogP contribution in [0, 0.1) is 11.8 Å². The van der Waals surface area contributed by atoms with Gasteiger partial charge in [-0.3, -0.25) is 0 Å². The molecule has 0 bridgehead atoms. The van der Waals surface area contributed by atoms with Gasteiger partial charge in [0.2, 0.25) is 11.8 Å². The monoisotopic (exact) mass is 430 g/mol. The van der Waals surface area contributed by atoms with Crippen LogP contribution in [-0.2, 0) is 26.3 Å². The molecule has 1 aromatic rings.